The van der Waals surface area contributed by atoms with Crippen LogP contribution in [0.3, 0.4) is 0 Å². The second-order valence-electron chi connectivity index (χ2n) is 10.9. The van der Waals surface area contributed by atoms with Gasteiger partial charge in [0.15, 0.2) is 14.1 Å². The standard InChI is InChI=1S/C27H38Cl2N4O2Si/c1-10-11-20(35-36(8,9)27(4,5)6)16-34-19-12-13-22(28)21(14-19)26-31-23(18(3)25(29)32-26)24-17(2)15-30-33(24)7/h12-15,20H,10-11,16H2,1-9H3/t20-/m1/s1. The largest absolute Gasteiger partial charge is 0.491 e. The normalized spacial score (nSPS) is 13.2. The van der Waals surface area contributed by atoms with Crippen molar-refractivity contribution >= 4 is 31.5 Å². The summed E-state index contributed by atoms with van der Waals surface area (Å²) in [7, 11) is -0.0262. The molecule has 3 aromatic rings. The molecule has 3 rings (SSSR count). The highest BCUT2D eigenvalue weighted by molar-refractivity contribution is 6.74. The van der Waals surface area contributed by atoms with Crippen molar-refractivity contribution in [2.75, 3.05) is 6.61 Å². The zero-order valence-corrected chi connectivity index (χ0v) is 25.4. The highest BCUT2D eigenvalue weighted by atomic mass is 35.5. The van der Waals surface area contributed by atoms with Gasteiger partial charge in [-0.1, -0.05) is 57.3 Å². The molecule has 0 spiro atoms. The Morgan fingerprint density at radius 3 is 2.39 bits per heavy atom. The van der Waals surface area contributed by atoms with E-state index in [-0.39, 0.29) is 11.1 Å². The molecule has 1 aromatic carbocycles. The summed E-state index contributed by atoms with van der Waals surface area (Å²) in [5.74, 6) is 1.13. The van der Waals surface area contributed by atoms with Crippen molar-refractivity contribution in [3.63, 3.8) is 0 Å². The first-order chi connectivity index (χ1) is 16.7. The van der Waals surface area contributed by atoms with Gasteiger partial charge < -0.3 is 9.16 Å². The first-order valence-electron chi connectivity index (χ1n) is 12.4. The van der Waals surface area contributed by atoms with Gasteiger partial charge in [0.05, 0.1) is 28.7 Å². The van der Waals surface area contributed by atoms with E-state index in [4.69, 9.17) is 37.3 Å². The fourth-order valence-electron chi connectivity index (χ4n) is 3.77. The van der Waals surface area contributed by atoms with Crippen LogP contribution >= 0.6 is 23.2 Å². The summed E-state index contributed by atoms with van der Waals surface area (Å²) in [6.45, 7) is 17.8. The van der Waals surface area contributed by atoms with Gasteiger partial charge in [-0.05, 0) is 62.2 Å². The van der Waals surface area contributed by atoms with E-state index in [1.807, 2.05) is 45.3 Å². The monoisotopic (exact) mass is 548 g/mol. The first kappa shape index (κ1) is 28.6. The van der Waals surface area contributed by atoms with E-state index in [0.29, 0.717) is 33.9 Å². The predicted molar refractivity (Wildman–Crippen MR) is 152 cm³/mol. The third kappa shape index (κ3) is 6.30. The SMILES string of the molecule is CCC[C@H](COc1ccc(Cl)c(-c2nc(Cl)c(C)c(-c3c(C)cnn3C)n2)c1)O[Si](C)(C)C(C)(C)C. The minimum atomic E-state index is -1.91. The maximum Gasteiger partial charge on any atom is 0.192 e. The Morgan fingerprint density at radius 1 is 1.11 bits per heavy atom. The number of halogens is 2. The molecular weight excluding hydrogens is 511 g/mol. The minimum Gasteiger partial charge on any atom is -0.491 e. The number of nitrogens with zero attached hydrogens (tertiary/aromatic N) is 4. The summed E-state index contributed by atoms with van der Waals surface area (Å²) in [6.07, 6.45) is 3.81. The number of hydrogen-bond acceptors (Lipinski definition) is 5. The van der Waals surface area contributed by atoms with Gasteiger partial charge in [-0.3, -0.25) is 4.68 Å². The lowest BCUT2D eigenvalue weighted by atomic mass is 10.1. The molecule has 0 radical (unpaired) electrons. The van der Waals surface area contributed by atoms with Crippen molar-refractivity contribution in [3.05, 3.63) is 45.7 Å². The van der Waals surface area contributed by atoms with Crippen molar-refractivity contribution in [2.24, 2.45) is 7.05 Å². The van der Waals surface area contributed by atoms with E-state index in [1.165, 1.54) is 0 Å². The van der Waals surface area contributed by atoms with Gasteiger partial charge in [0.2, 0.25) is 0 Å². The van der Waals surface area contributed by atoms with Gasteiger partial charge in [0, 0.05) is 18.2 Å². The average Bonchev–Trinajstić information content (AvgIpc) is 3.12. The highest BCUT2D eigenvalue weighted by Gasteiger charge is 2.39. The lowest BCUT2D eigenvalue weighted by Gasteiger charge is -2.39. The number of rotatable bonds is 9. The molecule has 196 valence electrons. The van der Waals surface area contributed by atoms with E-state index in [2.05, 4.69) is 50.9 Å². The fourth-order valence-corrected chi connectivity index (χ4v) is 5.52. The molecule has 0 bridgehead atoms. The Bertz CT molecular complexity index is 1200. The van der Waals surface area contributed by atoms with Crippen LogP contribution in [0.4, 0.5) is 0 Å². The molecule has 9 heteroatoms. The second kappa shape index (κ2) is 11.2. The third-order valence-corrected chi connectivity index (χ3v) is 12.2. The van der Waals surface area contributed by atoms with Crippen molar-refractivity contribution in [1.29, 1.82) is 0 Å². The van der Waals surface area contributed by atoms with Crippen molar-refractivity contribution < 1.29 is 9.16 Å². The summed E-state index contributed by atoms with van der Waals surface area (Å²) < 4.78 is 14.7. The molecule has 2 aromatic heterocycles. The number of benzene rings is 1. The van der Waals surface area contributed by atoms with Crippen LogP contribution in [0.25, 0.3) is 22.8 Å². The number of aryl methyl sites for hydroxylation is 2. The second-order valence-corrected chi connectivity index (χ2v) is 16.4. The summed E-state index contributed by atoms with van der Waals surface area (Å²) in [5, 5.41) is 5.39. The molecular formula is C27H38Cl2N4O2Si. The molecule has 0 unspecified atom stereocenters. The molecule has 0 N–H and O–H groups in total. The smallest absolute Gasteiger partial charge is 0.192 e. The van der Waals surface area contributed by atoms with Crippen LogP contribution in [0, 0.1) is 13.8 Å². The Kier molecular flexibility index (Phi) is 8.92. The molecule has 2 heterocycles. The Hall–Kier alpha value is -1.93. The molecule has 0 aliphatic heterocycles. The van der Waals surface area contributed by atoms with Crippen molar-refractivity contribution in [1.82, 2.24) is 19.7 Å². The Balaban J connectivity index is 1.91. The van der Waals surface area contributed by atoms with Crippen LogP contribution in [-0.2, 0) is 11.5 Å². The van der Waals surface area contributed by atoms with E-state index in [9.17, 15) is 0 Å². The van der Waals surface area contributed by atoms with E-state index in [1.54, 1.807) is 4.68 Å². The molecule has 0 aliphatic carbocycles. The van der Waals surface area contributed by atoms with Crippen LogP contribution in [0.1, 0.15) is 51.7 Å². The molecule has 0 saturated heterocycles. The number of hydrogen-bond donors (Lipinski definition) is 0. The Labute approximate surface area is 226 Å². The number of ether oxygens (including phenoxy) is 1. The molecule has 0 amide bonds. The highest BCUT2D eigenvalue weighted by Crippen LogP contribution is 2.38. The van der Waals surface area contributed by atoms with E-state index >= 15 is 0 Å². The lowest BCUT2D eigenvalue weighted by Crippen LogP contribution is -2.45. The van der Waals surface area contributed by atoms with Gasteiger partial charge in [0.1, 0.15) is 17.5 Å². The molecule has 0 saturated carbocycles. The summed E-state index contributed by atoms with van der Waals surface area (Å²) in [4.78, 5) is 9.39. The van der Waals surface area contributed by atoms with Gasteiger partial charge in [-0.15, -0.1) is 0 Å². The fraction of sp³-hybridized carbons (Fsp3) is 0.519. The van der Waals surface area contributed by atoms with Crippen LogP contribution in [0.5, 0.6) is 5.75 Å². The molecule has 1 atom stereocenters. The van der Waals surface area contributed by atoms with Crippen LogP contribution in [0.15, 0.2) is 24.4 Å². The van der Waals surface area contributed by atoms with Crippen LogP contribution in [0.2, 0.25) is 28.3 Å². The number of aromatic nitrogens is 4. The average molecular weight is 550 g/mol. The zero-order chi connectivity index (χ0) is 26.8. The topological polar surface area (TPSA) is 62.1 Å². The summed E-state index contributed by atoms with van der Waals surface area (Å²) >= 11 is 13.1. The third-order valence-electron chi connectivity index (χ3n) is 6.93. The molecule has 6 nitrogen and oxygen atoms in total. The lowest BCUT2D eigenvalue weighted by molar-refractivity contribution is 0.107. The quantitative estimate of drug-likeness (QED) is 0.200. The first-order valence-corrected chi connectivity index (χ1v) is 16.0. The summed E-state index contributed by atoms with van der Waals surface area (Å²) in [6, 6.07) is 5.55. The maximum absolute atomic E-state index is 6.65. The van der Waals surface area contributed by atoms with Crippen molar-refractivity contribution in [3.8, 4) is 28.5 Å². The van der Waals surface area contributed by atoms with Crippen LogP contribution < -0.4 is 4.74 Å². The van der Waals surface area contributed by atoms with Crippen LogP contribution in [-0.4, -0.2) is 40.8 Å². The van der Waals surface area contributed by atoms with Gasteiger partial charge in [0.25, 0.3) is 0 Å². The summed E-state index contributed by atoms with van der Waals surface area (Å²) in [5.41, 5.74) is 4.09. The predicted octanol–water partition coefficient (Wildman–Crippen LogP) is 8.04. The van der Waals surface area contributed by atoms with E-state index in [0.717, 1.165) is 35.4 Å². The van der Waals surface area contributed by atoms with Gasteiger partial charge in [-0.25, -0.2) is 9.97 Å². The minimum absolute atomic E-state index is 0.0273. The Morgan fingerprint density at radius 2 is 1.81 bits per heavy atom. The molecule has 0 fully saturated rings. The van der Waals surface area contributed by atoms with Gasteiger partial charge >= 0.3 is 0 Å². The van der Waals surface area contributed by atoms with E-state index < -0.39 is 8.32 Å². The zero-order valence-electron chi connectivity index (χ0n) is 22.9. The molecule has 36 heavy (non-hydrogen) atoms. The van der Waals surface area contributed by atoms with Gasteiger partial charge in [-0.2, -0.15) is 5.10 Å². The van der Waals surface area contributed by atoms with Crippen molar-refractivity contribution in [2.45, 2.75) is 78.6 Å². The molecule has 0 aliphatic rings. The maximum atomic E-state index is 6.65.